The fourth-order valence-corrected chi connectivity index (χ4v) is 6.53. The summed E-state index contributed by atoms with van der Waals surface area (Å²) in [5.41, 5.74) is 0. The van der Waals surface area contributed by atoms with Crippen molar-refractivity contribution < 1.29 is 8.98 Å². The lowest BCUT2D eigenvalue weighted by Crippen LogP contribution is -2.13. The van der Waals surface area contributed by atoms with Crippen molar-refractivity contribution in [2.75, 3.05) is 0 Å². The highest BCUT2D eigenvalue weighted by Crippen LogP contribution is 2.69. The van der Waals surface area contributed by atoms with E-state index < -0.39 is 10.3 Å². The van der Waals surface area contributed by atoms with Crippen molar-refractivity contribution >= 4 is 16.3 Å². The summed E-state index contributed by atoms with van der Waals surface area (Å²) >= 11 is 0. The number of benzene rings is 3. The Morgan fingerprint density at radius 1 is 0.655 bits per heavy atom. The minimum absolute atomic E-state index is 0.118. The minimum atomic E-state index is -2.13. The maximum atomic E-state index is 13.0. The number of rotatable bonds is 10. The van der Waals surface area contributed by atoms with Gasteiger partial charge in [0.05, 0.1) is 0 Å². The molecule has 0 saturated heterocycles. The van der Waals surface area contributed by atoms with Gasteiger partial charge in [-0.25, -0.2) is 0 Å². The van der Waals surface area contributed by atoms with Crippen LogP contribution in [0.2, 0.25) is 0 Å². The molecule has 3 heteroatoms. The van der Waals surface area contributed by atoms with Gasteiger partial charge in [0.25, 0.3) is 0 Å². The van der Waals surface area contributed by atoms with E-state index in [1.165, 1.54) is 19.3 Å². The van der Waals surface area contributed by atoms with E-state index in [9.17, 15) is 4.79 Å². The maximum Gasteiger partial charge on any atom is 0.317 e. The molecule has 0 aromatic heterocycles. The SMILES string of the molecule is CCCCCCCC(=O)OS(c1ccccc1)(c1ccccc1)c1ccccc1. The maximum absolute atomic E-state index is 13.0. The summed E-state index contributed by atoms with van der Waals surface area (Å²) in [4.78, 5) is 16.1. The third-order valence-corrected chi connectivity index (χ3v) is 8.17. The highest BCUT2D eigenvalue weighted by Gasteiger charge is 2.35. The third kappa shape index (κ3) is 5.30. The number of unbranched alkanes of at least 4 members (excludes halogenated alkanes) is 4. The largest absolute Gasteiger partial charge is 0.402 e. The molecule has 29 heavy (non-hydrogen) atoms. The van der Waals surface area contributed by atoms with Crippen LogP contribution in [0.1, 0.15) is 45.4 Å². The second-order valence-corrected chi connectivity index (χ2v) is 9.81. The standard InChI is InChI=1S/C26H30O2S/c1-2-3-4-5-15-22-26(27)28-29(23-16-9-6-10-17-23,24-18-11-7-12-19-24)25-20-13-8-14-21-25/h6-14,16-21H,2-5,15,22H2,1H3. The predicted molar refractivity (Wildman–Crippen MR) is 121 cm³/mol. The van der Waals surface area contributed by atoms with Crippen LogP contribution in [0.15, 0.2) is 106 Å². The summed E-state index contributed by atoms with van der Waals surface area (Å²) in [6.45, 7) is 2.20. The lowest BCUT2D eigenvalue weighted by atomic mass is 10.1. The minimum Gasteiger partial charge on any atom is -0.402 e. The normalized spacial score (nSPS) is 11.8. The molecule has 0 N–H and O–H groups in total. The first-order valence-corrected chi connectivity index (χ1v) is 12.0. The Hall–Kier alpha value is -2.52. The molecule has 0 saturated carbocycles. The monoisotopic (exact) mass is 406 g/mol. The molecule has 0 fully saturated rings. The summed E-state index contributed by atoms with van der Waals surface area (Å²) in [7, 11) is -2.13. The molecular weight excluding hydrogens is 376 g/mol. The Balaban J connectivity index is 1.98. The molecule has 0 aliphatic carbocycles. The smallest absolute Gasteiger partial charge is 0.317 e. The molecule has 0 aliphatic rings. The molecule has 0 bridgehead atoms. The molecule has 0 amide bonds. The Bertz CT molecular complexity index is 766. The molecule has 0 heterocycles. The van der Waals surface area contributed by atoms with Gasteiger partial charge in [-0.05, 0) is 53.1 Å². The van der Waals surface area contributed by atoms with Gasteiger partial charge in [-0.15, -0.1) is 0 Å². The van der Waals surface area contributed by atoms with E-state index in [0.29, 0.717) is 6.42 Å². The molecule has 3 aromatic carbocycles. The molecule has 152 valence electrons. The summed E-state index contributed by atoms with van der Waals surface area (Å²) in [6.07, 6.45) is 6.03. The van der Waals surface area contributed by atoms with E-state index >= 15 is 0 Å². The van der Waals surface area contributed by atoms with Crippen LogP contribution in [0.5, 0.6) is 0 Å². The van der Waals surface area contributed by atoms with Crippen molar-refractivity contribution in [2.24, 2.45) is 0 Å². The fraction of sp³-hybridized carbons (Fsp3) is 0.269. The molecule has 0 unspecified atom stereocenters. The van der Waals surface area contributed by atoms with Gasteiger partial charge < -0.3 is 4.18 Å². The predicted octanol–water partition coefficient (Wildman–Crippen LogP) is 7.79. The lowest BCUT2D eigenvalue weighted by molar-refractivity contribution is -0.133. The van der Waals surface area contributed by atoms with Crippen LogP contribution in [0.25, 0.3) is 0 Å². The molecule has 3 rings (SSSR count). The van der Waals surface area contributed by atoms with Crippen LogP contribution < -0.4 is 0 Å². The Morgan fingerprint density at radius 2 is 1.07 bits per heavy atom. The fourth-order valence-electron chi connectivity index (χ4n) is 3.44. The highest BCUT2D eigenvalue weighted by molar-refractivity contribution is 8.30. The number of carbonyl (C=O) groups is 1. The van der Waals surface area contributed by atoms with E-state index in [-0.39, 0.29) is 5.97 Å². The topological polar surface area (TPSA) is 26.3 Å². The molecule has 3 aromatic rings. The average Bonchev–Trinajstić information content (AvgIpc) is 2.79. The van der Waals surface area contributed by atoms with Gasteiger partial charge in [0.15, 0.2) is 0 Å². The van der Waals surface area contributed by atoms with Gasteiger partial charge in [0.1, 0.15) is 0 Å². The number of hydrogen-bond donors (Lipinski definition) is 0. The summed E-state index contributed by atoms with van der Waals surface area (Å²) in [5.74, 6) is -0.118. The summed E-state index contributed by atoms with van der Waals surface area (Å²) < 4.78 is 6.45. The van der Waals surface area contributed by atoms with E-state index in [4.69, 9.17) is 4.18 Å². The molecule has 2 nitrogen and oxygen atoms in total. The average molecular weight is 407 g/mol. The zero-order chi connectivity index (χ0) is 20.4. The molecule has 0 atom stereocenters. The van der Waals surface area contributed by atoms with Crippen LogP contribution in [0.4, 0.5) is 0 Å². The van der Waals surface area contributed by atoms with Gasteiger partial charge in [-0.2, -0.15) is 0 Å². The van der Waals surface area contributed by atoms with Crippen LogP contribution in [0, 0.1) is 0 Å². The van der Waals surface area contributed by atoms with E-state index in [2.05, 4.69) is 43.3 Å². The Morgan fingerprint density at radius 3 is 1.48 bits per heavy atom. The number of hydrogen-bond acceptors (Lipinski definition) is 2. The van der Waals surface area contributed by atoms with Crippen molar-refractivity contribution in [3.63, 3.8) is 0 Å². The molecular formula is C26H30O2S. The van der Waals surface area contributed by atoms with Crippen molar-refractivity contribution in [3.8, 4) is 0 Å². The van der Waals surface area contributed by atoms with Crippen LogP contribution in [-0.4, -0.2) is 5.97 Å². The van der Waals surface area contributed by atoms with Gasteiger partial charge in [0.2, 0.25) is 0 Å². The van der Waals surface area contributed by atoms with E-state index in [1.54, 1.807) is 0 Å². The van der Waals surface area contributed by atoms with Gasteiger partial charge in [-0.1, -0.05) is 87.2 Å². The van der Waals surface area contributed by atoms with Crippen molar-refractivity contribution in [3.05, 3.63) is 91.0 Å². The zero-order valence-electron chi connectivity index (χ0n) is 17.1. The van der Waals surface area contributed by atoms with Gasteiger partial charge >= 0.3 is 5.97 Å². The van der Waals surface area contributed by atoms with E-state index in [1.807, 2.05) is 54.6 Å². The Labute approximate surface area is 176 Å². The first-order chi connectivity index (χ1) is 14.3. The molecule has 0 aliphatic heterocycles. The number of carbonyl (C=O) groups excluding carboxylic acids is 1. The summed E-state index contributed by atoms with van der Waals surface area (Å²) in [6, 6.07) is 30.5. The van der Waals surface area contributed by atoms with Gasteiger partial charge in [-0.3, -0.25) is 4.79 Å². The quantitative estimate of drug-likeness (QED) is 0.321. The highest BCUT2D eigenvalue weighted by atomic mass is 32.3. The first-order valence-electron chi connectivity index (χ1n) is 10.5. The lowest BCUT2D eigenvalue weighted by Gasteiger charge is -2.39. The van der Waals surface area contributed by atoms with E-state index in [0.717, 1.165) is 27.5 Å². The molecule has 0 radical (unpaired) electrons. The second kappa shape index (κ2) is 10.9. The van der Waals surface area contributed by atoms with Crippen molar-refractivity contribution in [2.45, 2.75) is 60.1 Å². The second-order valence-electron chi connectivity index (χ2n) is 7.11. The van der Waals surface area contributed by atoms with Crippen molar-refractivity contribution in [1.82, 2.24) is 0 Å². The van der Waals surface area contributed by atoms with Crippen LogP contribution >= 0.6 is 10.3 Å². The molecule has 0 spiro atoms. The Kier molecular flexibility index (Phi) is 7.94. The van der Waals surface area contributed by atoms with Crippen LogP contribution in [0.3, 0.4) is 0 Å². The first kappa shape index (κ1) is 21.2. The zero-order valence-corrected chi connectivity index (χ0v) is 17.9. The van der Waals surface area contributed by atoms with Crippen molar-refractivity contribution in [1.29, 1.82) is 0 Å². The van der Waals surface area contributed by atoms with Gasteiger partial charge in [0, 0.05) is 21.1 Å². The third-order valence-electron chi connectivity index (χ3n) is 4.93. The summed E-state index contributed by atoms with van der Waals surface area (Å²) in [5, 5.41) is 0. The van der Waals surface area contributed by atoms with Crippen LogP contribution in [-0.2, 0) is 8.98 Å².